The van der Waals surface area contributed by atoms with E-state index >= 15 is 0 Å². The predicted molar refractivity (Wildman–Crippen MR) is 128 cm³/mol. The molecule has 35 heavy (non-hydrogen) atoms. The molecule has 0 spiro atoms. The minimum Gasteiger partial charge on any atom is -0.474 e. The Bertz CT molecular complexity index is 1010. The number of piperidine rings is 1. The molecular weight excluding hydrogens is 455 g/mol. The highest BCUT2D eigenvalue weighted by molar-refractivity contribution is 5.67. The number of carbonyl (C=O) groups excluding carboxylic acids is 1. The number of hydrogen-bond donors (Lipinski definition) is 1. The number of likely N-dealkylation sites (tertiary alicyclic amines) is 1. The third-order valence-electron chi connectivity index (χ3n) is 6.00. The van der Waals surface area contributed by atoms with E-state index in [1.165, 1.54) is 12.4 Å². The number of rotatable bonds is 8. The normalized spacial score (nSPS) is 18.5. The van der Waals surface area contributed by atoms with Gasteiger partial charge >= 0.3 is 6.09 Å². The molecule has 1 unspecified atom stereocenters. The van der Waals surface area contributed by atoms with E-state index in [9.17, 15) is 9.18 Å². The van der Waals surface area contributed by atoms with Crippen molar-refractivity contribution in [2.75, 3.05) is 31.6 Å². The molecule has 10 heteroatoms. The van der Waals surface area contributed by atoms with Crippen molar-refractivity contribution < 1.29 is 28.1 Å². The molecule has 1 N–H and O–H groups in total. The van der Waals surface area contributed by atoms with Crippen LogP contribution in [-0.2, 0) is 9.47 Å². The summed E-state index contributed by atoms with van der Waals surface area (Å²) in [4.78, 5) is 22.2. The lowest BCUT2D eigenvalue weighted by molar-refractivity contribution is 0.0505. The number of nitrogens with one attached hydrogen (secondary N) is 1. The first-order chi connectivity index (χ1) is 16.9. The van der Waals surface area contributed by atoms with Crippen LogP contribution < -0.4 is 14.8 Å². The molecule has 2 aromatic rings. The van der Waals surface area contributed by atoms with Crippen LogP contribution in [0.2, 0.25) is 0 Å². The summed E-state index contributed by atoms with van der Waals surface area (Å²) in [5, 5.41) is 3.21. The van der Waals surface area contributed by atoms with Crippen LogP contribution >= 0.6 is 0 Å². The Labute approximate surface area is 204 Å². The number of ether oxygens (including phenoxy) is 4. The van der Waals surface area contributed by atoms with Gasteiger partial charge < -0.3 is 29.2 Å². The topological polar surface area (TPSA) is 95.0 Å². The minimum absolute atomic E-state index is 0.0670. The molecule has 2 saturated heterocycles. The van der Waals surface area contributed by atoms with Gasteiger partial charge in [0.15, 0.2) is 11.6 Å². The summed E-state index contributed by atoms with van der Waals surface area (Å²) in [6, 6.07) is 4.73. The van der Waals surface area contributed by atoms with Crippen LogP contribution in [0.1, 0.15) is 45.1 Å². The number of benzene rings is 1. The zero-order valence-electron chi connectivity index (χ0n) is 20.5. The van der Waals surface area contributed by atoms with E-state index < -0.39 is 5.82 Å². The minimum atomic E-state index is -0.497. The van der Waals surface area contributed by atoms with Gasteiger partial charge in [0.2, 0.25) is 11.8 Å². The Morgan fingerprint density at radius 2 is 2.00 bits per heavy atom. The van der Waals surface area contributed by atoms with E-state index in [0.29, 0.717) is 49.6 Å². The number of amides is 1. The molecule has 0 radical (unpaired) electrons. The highest BCUT2D eigenvalue weighted by atomic mass is 19.1. The van der Waals surface area contributed by atoms with E-state index in [2.05, 4.69) is 15.3 Å². The van der Waals surface area contributed by atoms with E-state index in [0.717, 1.165) is 19.4 Å². The molecular formula is C25H33FN4O5. The Hall–Kier alpha value is -3.14. The molecule has 1 aromatic carbocycles. The average molecular weight is 489 g/mol. The van der Waals surface area contributed by atoms with E-state index in [-0.39, 0.29) is 36.0 Å². The maximum Gasteiger partial charge on any atom is 0.410 e. The number of halogens is 1. The molecule has 1 amide bonds. The van der Waals surface area contributed by atoms with Crippen LogP contribution in [0.15, 0.2) is 24.5 Å². The Kier molecular flexibility index (Phi) is 8.22. The van der Waals surface area contributed by atoms with Gasteiger partial charge in [-0.2, -0.15) is 0 Å². The van der Waals surface area contributed by atoms with Crippen molar-refractivity contribution in [3.8, 4) is 17.5 Å². The van der Waals surface area contributed by atoms with Crippen LogP contribution in [-0.4, -0.2) is 65.5 Å². The fraction of sp³-hybridized carbons (Fsp3) is 0.560. The first-order valence-corrected chi connectivity index (χ1v) is 12.2. The van der Waals surface area contributed by atoms with Crippen molar-refractivity contribution >= 4 is 11.8 Å². The van der Waals surface area contributed by atoms with E-state index in [4.69, 9.17) is 18.9 Å². The van der Waals surface area contributed by atoms with Crippen LogP contribution in [0.3, 0.4) is 0 Å². The second-order valence-corrected chi connectivity index (χ2v) is 9.11. The number of hydrogen-bond acceptors (Lipinski definition) is 8. The van der Waals surface area contributed by atoms with Crippen molar-refractivity contribution in [1.82, 2.24) is 14.9 Å². The summed E-state index contributed by atoms with van der Waals surface area (Å²) in [6.07, 6.45) is 4.32. The monoisotopic (exact) mass is 488 g/mol. The second-order valence-electron chi connectivity index (χ2n) is 9.11. The van der Waals surface area contributed by atoms with Gasteiger partial charge in [0.25, 0.3) is 0 Å². The number of aromatic nitrogens is 2. The molecule has 2 aliphatic rings. The van der Waals surface area contributed by atoms with Crippen LogP contribution in [0, 0.1) is 12.7 Å². The highest BCUT2D eigenvalue weighted by Crippen LogP contribution is 2.31. The number of anilines is 1. The van der Waals surface area contributed by atoms with Gasteiger partial charge in [0, 0.05) is 50.8 Å². The van der Waals surface area contributed by atoms with Gasteiger partial charge in [-0.25, -0.2) is 19.2 Å². The second kappa shape index (κ2) is 11.5. The Balaban J connectivity index is 1.33. The van der Waals surface area contributed by atoms with E-state index in [1.807, 2.05) is 13.8 Å². The number of nitrogens with zero attached hydrogens (tertiary/aromatic N) is 3. The van der Waals surface area contributed by atoms with E-state index in [1.54, 1.807) is 24.0 Å². The van der Waals surface area contributed by atoms with Gasteiger partial charge in [-0.3, -0.25) is 0 Å². The van der Waals surface area contributed by atoms with Gasteiger partial charge in [-0.05, 0) is 45.7 Å². The molecule has 190 valence electrons. The Morgan fingerprint density at radius 1 is 1.23 bits per heavy atom. The van der Waals surface area contributed by atoms with Crippen molar-refractivity contribution in [3.05, 3.63) is 35.9 Å². The van der Waals surface area contributed by atoms with Crippen LogP contribution in [0.25, 0.3) is 0 Å². The van der Waals surface area contributed by atoms with Crippen molar-refractivity contribution in [3.63, 3.8) is 0 Å². The zero-order chi connectivity index (χ0) is 24.8. The maximum absolute atomic E-state index is 14.7. The van der Waals surface area contributed by atoms with Crippen molar-refractivity contribution in [2.45, 2.75) is 64.8 Å². The highest BCUT2D eigenvalue weighted by Gasteiger charge is 2.26. The fourth-order valence-electron chi connectivity index (χ4n) is 4.07. The zero-order valence-corrected chi connectivity index (χ0v) is 20.5. The largest absolute Gasteiger partial charge is 0.474 e. The molecule has 2 fully saturated rings. The molecule has 9 nitrogen and oxygen atoms in total. The lowest BCUT2D eigenvalue weighted by Crippen LogP contribution is -2.42. The lowest BCUT2D eigenvalue weighted by Gasteiger charge is -2.31. The van der Waals surface area contributed by atoms with Crippen molar-refractivity contribution in [1.29, 1.82) is 0 Å². The fourth-order valence-corrected chi connectivity index (χ4v) is 4.07. The third kappa shape index (κ3) is 6.72. The first kappa shape index (κ1) is 25.0. The van der Waals surface area contributed by atoms with Gasteiger partial charge in [-0.1, -0.05) is 0 Å². The van der Waals surface area contributed by atoms with Gasteiger partial charge in [0.1, 0.15) is 12.4 Å². The summed E-state index contributed by atoms with van der Waals surface area (Å²) in [7, 11) is 0. The van der Waals surface area contributed by atoms with Gasteiger partial charge in [0.05, 0.1) is 17.8 Å². The first-order valence-electron chi connectivity index (χ1n) is 12.2. The predicted octanol–water partition coefficient (Wildman–Crippen LogP) is 4.70. The molecule has 0 bridgehead atoms. The standard InChI is InChI=1S/C25H33FN4O5/c1-16(2)33-25(31)30-10-8-19(9-11-30)34-23-17(3)24(29-15-28-23)35-22-7-6-18(13-21(22)26)27-14-20-5-4-12-32-20/h6-7,13,15-16,19-20,27H,4-5,8-12,14H2,1-3H3. The van der Waals surface area contributed by atoms with Crippen LogP contribution in [0.4, 0.5) is 14.9 Å². The quantitative estimate of drug-likeness (QED) is 0.572. The summed E-state index contributed by atoms with van der Waals surface area (Å²) >= 11 is 0. The third-order valence-corrected chi connectivity index (χ3v) is 6.00. The SMILES string of the molecule is Cc1c(Oc2ccc(NCC3CCCO3)cc2F)ncnc1OC1CCN(C(=O)OC(C)C)CC1. The molecule has 1 aromatic heterocycles. The smallest absolute Gasteiger partial charge is 0.410 e. The molecule has 0 aliphatic carbocycles. The number of carbonyl (C=O) groups is 1. The summed E-state index contributed by atoms with van der Waals surface area (Å²) < 4.78 is 37.4. The summed E-state index contributed by atoms with van der Waals surface area (Å²) in [6.45, 7) is 7.94. The molecule has 1 atom stereocenters. The lowest BCUT2D eigenvalue weighted by atomic mass is 10.1. The van der Waals surface area contributed by atoms with Gasteiger partial charge in [-0.15, -0.1) is 0 Å². The molecule has 0 saturated carbocycles. The van der Waals surface area contributed by atoms with Crippen molar-refractivity contribution in [2.24, 2.45) is 0 Å². The Morgan fingerprint density at radius 3 is 2.69 bits per heavy atom. The molecule has 2 aliphatic heterocycles. The molecule has 4 rings (SSSR count). The maximum atomic E-state index is 14.7. The average Bonchev–Trinajstić information content (AvgIpc) is 3.35. The summed E-state index contributed by atoms with van der Waals surface area (Å²) in [5.41, 5.74) is 1.24. The molecule has 3 heterocycles. The van der Waals surface area contributed by atoms with Crippen LogP contribution in [0.5, 0.6) is 17.5 Å². The summed E-state index contributed by atoms with van der Waals surface area (Å²) in [5.74, 6) is 0.182.